The number of Topliss-reactive ketones (excluding diaryl/α,β-unsaturated/α-hetero) is 3. The highest BCUT2D eigenvalue weighted by Gasteiger charge is 2.11. The molecular formula is C14H23N3O5. The lowest BCUT2D eigenvalue weighted by molar-refractivity contribution is -0.128. The Labute approximate surface area is 129 Å². The van der Waals surface area contributed by atoms with Crippen molar-refractivity contribution in [2.75, 3.05) is 33.2 Å². The van der Waals surface area contributed by atoms with Crippen molar-refractivity contribution in [3.05, 3.63) is 0 Å². The number of carbonyl (C=O) groups excluding carboxylic acids is 5. The van der Waals surface area contributed by atoms with E-state index in [4.69, 9.17) is 0 Å². The van der Waals surface area contributed by atoms with Crippen LogP contribution in [0, 0.1) is 0 Å². The molecule has 0 radical (unpaired) electrons. The van der Waals surface area contributed by atoms with Crippen molar-refractivity contribution in [2.24, 2.45) is 0 Å². The van der Waals surface area contributed by atoms with E-state index in [2.05, 4.69) is 10.6 Å². The van der Waals surface area contributed by atoms with Crippen LogP contribution in [0.2, 0.25) is 0 Å². The molecule has 0 saturated heterocycles. The van der Waals surface area contributed by atoms with Crippen molar-refractivity contribution in [3.8, 4) is 0 Å². The summed E-state index contributed by atoms with van der Waals surface area (Å²) in [7, 11) is 1.63. The van der Waals surface area contributed by atoms with Gasteiger partial charge >= 0.3 is 0 Å². The smallest absolute Gasteiger partial charge is 0.234 e. The molecule has 0 aliphatic rings. The first-order valence-electron chi connectivity index (χ1n) is 6.93. The van der Waals surface area contributed by atoms with Crippen LogP contribution in [0.1, 0.15) is 26.7 Å². The molecule has 0 aliphatic heterocycles. The number of ketones is 3. The zero-order chi connectivity index (χ0) is 17.1. The van der Waals surface area contributed by atoms with E-state index in [1.807, 2.05) is 0 Å². The molecule has 124 valence electrons. The summed E-state index contributed by atoms with van der Waals surface area (Å²) >= 11 is 0. The van der Waals surface area contributed by atoms with Gasteiger partial charge in [0.1, 0.15) is 11.6 Å². The van der Waals surface area contributed by atoms with Gasteiger partial charge in [-0.2, -0.15) is 0 Å². The van der Waals surface area contributed by atoms with E-state index >= 15 is 0 Å². The van der Waals surface area contributed by atoms with Crippen molar-refractivity contribution in [2.45, 2.75) is 26.7 Å². The van der Waals surface area contributed by atoms with Gasteiger partial charge in [-0.1, -0.05) is 0 Å². The van der Waals surface area contributed by atoms with Crippen LogP contribution in [0.4, 0.5) is 0 Å². The Hall–Kier alpha value is -2.09. The quantitative estimate of drug-likeness (QED) is 0.489. The summed E-state index contributed by atoms with van der Waals surface area (Å²) in [6, 6.07) is 0. The lowest BCUT2D eigenvalue weighted by Crippen LogP contribution is -2.39. The minimum absolute atomic E-state index is 0.00664. The molecule has 0 bridgehead atoms. The van der Waals surface area contributed by atoms with Gasteiger partial charge in [-0.05, 0) is 20.9 Å². The van der Waals surface area contributed by atoms with E-state index < -0.39 is 0 Å². The molecule has 2 N–H and O–H groups in total. The first kappa shape index (κ1) is 19.9. The fourth-order valence-electron chi connectivity index (χ4n) is 1.59. The number of hydrogen-bond acceptors (Lipinski definition) is 6. The van der Waals surface area contributed by atoms with Gasteiger partial charge in [0.15, 0.2) is 5.78 Å². The minimum Gasteiger partial charge on any atom is -0.349 e. The predicted molar refractivity (Wildman–Crippen MR) is 79.1 cm³/mol. The Bertz CT molecular complexity index is 448. The van der Waals surface area contributed by atoms with Gasteiger partial charge in [-0.15, -0.1) is 0 Å². The highest BCUT2D eigenvalue weighted by Crippen LogP contribution is 1.91. The predicted octanol–water partition coefficient (Wildman–Crippen LogP) is -1.32. The van der Waals surface area contributed by atoms with Crippen LogP contribution in [0.25, 0.3) is 0 Å². The van der Waals surface area contributed by atoms with Crippen LogP contribution >= 0.6 is 0 Å². The van der Waals surface area contributed by atoms with Crippen molar-refractivity contribution >= 4 is 29.2 Å². The molecule has 8 nitrogen and oxygen atoms in total. The molecule has 0 aliphatic carbocycles. The topological polar surface area (TPSA) is 113 Å². The number of rotatable bonds is 11. The third-order valence-corrected chi connectivity index (χ3v) is 2.55. The summed E-state index contributed by atoms with van der Waals surface area (Å²) in [5, 5.41) is 4.81. The number of carbonyl (C=O) groups is 5. The Balaban J connectivity index is 3.84. The van der Waals surface area contributed by atoms with E-state index in [0.717, 1.165) is 0 Å². The standard InChI is InChI=1S/C14H23N3O5/c1-10(18)6-15-13(21)5-4-12(20)7-16-14(22)9-17(3)8-11(2)19/h4-9H2,1-3H3,(H,15,21)(H,16,22). The Kier molecular flexibility index (Phi) is 9.60. The molecule has 0 atom stereocenters. The number of nitrogens with zero attached hydrogens (tertiary/aromatic N) is 1. The minimum atomic E-state index is -0.379. The van der Waals surface area contributed by atoms with E-state index in [-0.39, 0.29) is 68.2 Å². The van der Waals surface area contributed by atoms with Gasteiger partial charge in [-0.25, -0.2) is 0 Å². The summed E-state index contributed by atoms with van der Waals surface area (Å²) < 4.78 is 0. The van der Waals surface area contributed by atoms with E-state index in [0.29, 0.717) is 0 Å². The monoisotopic (exact) mass is 313 g/mol. The molecule has 0 unspecified atom stereocenters. The maximum absolute atomic E-state index is 11.5. The van der Waals surface area contributed by atoms with Crippen LogP contribution in [-0.2, 0) is 24.0 Å². The van der Waals surface area contributed by atoms with Crippen molar-refractivity contribution in [3.63, 3.8) is 0 Å². The summed E-state index contributed by atoms with van der Waals surface area (Å²) in [4.78, 5) is 57.4. The second-order valence-electron chi connectivity index (χ2n) is 5.17. The molecule has 0 spiro atoms. The van der Waals surface area contributed by atoms with E-state index in [1.165, 1.54) is 18.7 Å². The number of nitrogens with one attached hydrogen (secondary N) is 2. The van der Waals surface area contributed by atoms with Crippen molar-refractivity contribution in [1.82, 2.24) is 15.5 Å². The second kappa shape index (κ2) is 10.6. The van der Waals surface area contributed by atoms with Crippen molar-refractivity contribution < 1.29 is 24.0 Å². The summed E-state index contributed by atoms with van der Waals surface area (Å²) in [5.74, 6) is -1.24. The highest BCUT2D eigenvalue weighted by molar-refractivity contribution is 5.90. The Morgan fingerprint density at radius 1 is 0.773 bits per heavy atom. The SMILES string of the molecule is CC(=O)CNC(=O)CCC(=O)CNC(=O)CN(C)CC(C)=O. The molecule has 0 saturated carbocycles. The first-order valence-corrected chi connectivity index (χ1v) is 6.93. The maximum Gasteiger partial charge on any atom is 0.234 e. The van der Waals surface area contributed by atoms with Crippen LogP contribution in [0.15, 0.2) is 0 Å². The molecule has 0 rings (SSSR count). The lowest BCUT2D eigenvalue weighted by Gasteiger charge is -2.14. The van der Waals surface area contributed by atoms with Crippen molar-refractivity contribution in [1.29, 1.82) is 0 Å². The van der Waals surface area contributed by atoms with Gasteiger partial charge < -0.3 is 10.6 Å². The van der Waals surface area contributed by atoms with E-state index in [1.54, 1.807) is 7.05 Å². The molecule has 0 aromatic heterocycles. The van der Waals surface area contributed by atoms with Gasteiger partial charge in [0.25, 0.3) is 0 Å². The fraction of sp³-hybridized carbons (Fsp3) is 0.643. The van der Waals surface area contributed by atoms with Crippen LogP contribution in [-0.4, -0.2) is 67.3 Å². The summed E-state index contributed by atoms with van der Waals surface area (Å²) in [6.07, 6.45) is -0.0282. The van der Waals surface area contributed by atoms with Crippen LogP contribution < -0.4 is 10.6 Å². The first-order chi connectivity index (χ1) is 10.2. The number of amides is 2. The largest absolute Gasteiger partial charge is 0.349 e. The Morgan fingerprint density at radius 2 is 1.36 bits per heavy atom. The molecular weight excluding hydrogens is 290 g/mol. The average Bonchev–Trinajstić information content (AvgIpc) is 2.39. The van der Waals surface area contributed by atoms with Gasteiger partial charge in [0, 0.05) is 12.8 Å². The zero-order valence-electron chi connectivity index (χ0n) is 13.2. The van der Waals surface area contributed by atoms with Gasteiger partial charge in [0.05, 0.1) is 26.2 Å². The van der Waals surface area contributed by atoms with E-state index in [9.17, 15) is 24.0 Å². The highest BCUT2D eigenvalue weighted by atomic mass is 16.2. The molecule has 0 heterocycles. The van der Waals surface area contributed by atoms with Crippen LogP contribution in [0.5, 0.6) is 0 Å². The van der Waals surface area contributed by atoms with Gasteiger partial charge in [0.2, 0.25) is 11.8 Å². The third kappa shape index (κ3) is 11.7. The summed E-state index contributed by atoms with van der Waals surface area (Å²) in [6.45, 7) is 2.75. The maximum atomic E-state index is 11.5. The number of hydrogen-bond donors (Lipinski definition) is 2. The second-order valence-corrected chi connectivity index (χ2v) is 5.17. The van der Waals surface area contributed by atoms with Crippen LogP contribution in [0.3, 0.4) is 0 Å². The average molecular weight is 313 g/mol. The normalized spacial score (nSPS) is 10.2. The van der Waals surface area contributed by atoms with Gasteiger partial charge in [-0.3, -0.25) is 28.9 Å². The summed E-state index contributed by atoms with van der Waals surface area (Å²) in [5.41, 5.74) is 0. The Morgan fingerprint density at radius 3 is 1.91 bits per heavy atom. The lowest BCUT2D eigenvalue weighted by atomic mass is 10.2. The fourth-order valence-corrected chi connectivity index (χ4v) is 1.59. The molecule has 2 amide bonds. The number of likely N-dealkylation sites (N-methyl/N-ethyl adjacent to an activating group) is 1. The molecule has 0 aromatic carbocycles. The molecule has 8 heteroatoms. The molecule has 22 heavy (non-hydrogen) atoms. The zero-order valence-corrected chi connectivity index (χ0v) is 13.2. The molecule has 0 aromatic rings. The third-order valence-electron chi connectivity index (χ3n) is 2.55. The molecule has 0 fully saturated rings.